The molecule has 4 rings (SSSR count). The molecule has 1 aromatic carbocycles. The number of sulfonamides is 1. The van der Waals surface area contributed by atoms with E-state index < -0.39 is 15.3 Å². The highest BCUT2D eigenvalue weighted by atomic mass is 32.2. The molecule has 2 heterocycles. The average molecular weight is 492 g/mol. The first-order valence-electron chi connectivity index (χ1n) is 10.2. The molecule has 0 spiro atoms. The van der Waals surface area contributed by atoms with Crippen LogP contribution >= 0.6 is 23.1 Å². The van der Waals surface area contributed by atoms with Crippen LogP contribution in [0.15, 0.2) is 51.8 Å². The molecule has 0 bridgehead atoms. The molecule has 0 saturated heterocycles. The average Bonchev–Trinajstić information content (AvgIpc) is 3.31. The lowest BCUT2D eigenvalue weighted by Crippen LogP contribution is -2.24. The fraction of sp³-hybridized carbons (Fsp3) is 0.381. The van der Waals surface area contributed by atoms with Crippen LogP contribution < -0.4 is 5.32 Å². The molecule has 1 N–H and O–H groups in total. The zero-order chi connectivity index (χ0) is 22.9. The second-order valence-electron chi connectivity index (χ2n) is 7.82. The van der Waals surface area contributed by atoms with Gasteiger partial charge in [-0.1, -0.05) is 23.9 Å². The molecule has 1 aliphatic carbocycles. The normalized spacial score (nSPS) is 15.1. The summed E-state index contributed by atoms with van der Waals surface area (Å²) in [7, 11) is -0.627. The summed E-state index contributed by atoms with van der Waals surface area (Å²) in [6.45, 7) is 1.81. The van der Waals surface area contributed by atoms with Gasteiger partial charge >= 0.3 is 0 Å². The Labute approximate surface area is 196 Å². The van der Waals surface area contributed by atoms with Crippen LogP contribution in [0, 0.1) is 0 Å². The van der Waals surface area contributed by atoms with Crippen LogP contribution in [-0.2, 0) is 21.2 Å². The lowest BCUT2D eigenvalue weighted by molar-refractivity contribution is -0.115. The van der Waals surface area contributed by atoms with Crippen molar-refractivity contribution in [2.75, 3.05) is 19.4 Å². The van der Waals surface area contributed by atoms with E-state index in [0.29, 0.717) is 11.7 Å². The van der Waals surface area contributed by atoms with Crippen molar-refractivity contribution in [3.05, 3.63) is 52.5 Å². The molecule has 1 aliphatic rings. The number of thioether (sulfide) groups is 1. The Morgan fingerprint density at radius 2 is 2.06 bits per heavy atom. The number of nitrogens with zero attached hydrogens (tertiary/aromatic N) is 4. The summed E-state index contributed by atoms with van der Waals surface area (Å²) in [5.41, 5.74) is 0.437. The second-order valence-corrected chi connectivity index (χ2v) is 12.3. The number of nitrogens with one attached hydrogen (secondary N) is 1. The Morgan fingerprint density at radius 1 is 1.28 bits per heavy atom. The van der Waals surface area contributed by atoms with E-state index in [1.807, 2.05) is 18.4 Å². The van der Waals surface area contributed by atoms with E-state index in [9.17, 15) is 13.2 Å². The van der Waals surface area contributed by atoms with E-state index >= 15 is 0 Å². The number of amides is 1. The molecule has 3 aromatic rings. The number of anilines is 1. The van der Waals surface area contributed by atoms with Crippen molar-refractivity contribution < 1.29 is 13.2 Å². The second kappa shape index (κ2) is 9.34. The molecule has 1 saturated carbocycles. The molecule has 32 heavy (non-hydrogen) atoms. The van der Waals surface area contributed by atoms with E-state index in [1.54, 1.807) is 23.5 Å². The third-order valence-corrected chi connectivity index (χ3v) is 8.84. The fourth-order valence-corrected chi connectivity index (χ4v) is 5.77. The molecule has 1 amide bonds. The molecule has 0 radical (unpaired) electrons. The molecule has 1 atom stereocenters. The first-order chi connectivity index (χ1) is 15.3. The van der Waals surface area contributed by atoms with Crippen molar-refractivity contribution in [3.63, 3.8) is 0 Å². The number of carbonyl (C=O) groups is 1. The standard InChI is InChI=1S/C21H25N5O3S3/c1-14(20(27)22-15-6-4-8-18(12-15)32(28,29)25(2)3)31-21-24-23-19(26(21)16-9-10-16)13-17-7-5-11-30-17/h4-8,11-12,14,16H,9-10,13H2,1-3H3,(H,22,27)/t14-/m0/s1. The van der Waals surface area contributed by atoms with Gasteiger partial charge in [0.2, 0.25) is 15.9 Å². The lowest BCUT2D eigenvalue weighted by atomic mass is 10.3. The summed E-state index contributed by atoms with van der Waals surface area (Å²) >= 11 is 3.06. The Hall–Kier alpha value is -2.21. The summed E-state index contributed by atoms with van der Waals surface area (Å²) in [6.07, 6.45) is 2.92. The summed E-state index contributed by atoms with van der Waals surface area (Å²) in [5, 5.41) is 14.0. The molecule has 11 heteroatoms. The van der Waals surface area contributed by atoms with E-state index in [2.05, 4.69) is 26.1 Å². The number of thiophene rings is 1. The van der Waals surface area contributed by atoms with E-state index in [-0.39, 0.29) is 10.8 Å². The largest absolute Gasteiger partial charge is 0.325 e. The third-order valence-electron chi connectivity index (χ3n) is 5.09. The zero-order valence-electron chi connectivity index (χ0n) is 18.1. The highest BCUT2D eigenvalue weighted by Gasteiger charge is 2.31. The summed E-state index contributed by atoms with van der Waals surface area (Å²) in [5.74, 6) is 0.700. The van der Waals surface area contributed by atoms with Gasteiger partial charge in [-0.05, 0) is 49.4 Å². The van der Waals surface area contributed by atoms with Gasteiger partial charge in [-0.2, -0.15) is 0 Å². The van der Waals surface area contributed by atoms with Crippen LogP contribution in [-0.4, -0.2) is 52.7 Å². The monoisotopic (exact) mass is 491 g/mol. The Bertz CT molecular complexity index is 1200. The highest BCUT2D eigenvalue weighted by Crippen LogP contribution is 2.40. The first-order valence-corrected chi connectivity index (χ1v) is 13.4. The first kappa shape index (κ1) is 23.0. The van der Waals surface area contributed by atoms with Gasteiger partial charge in [0, 0.05) is 37.1 Å². The van der Waals surface area contributed by atoms with E-state index in [1.165, 1.54) is 42.9 Å². The topological polar surface area (TPSA) is 97.2 Å². The van der Waals surface area contributed by atoms with Gasteiger partial charge in [0.25, 0.3) is 0 Å². The molecule has 170 valence electrons. The van der Waals surface area contributed by atoms with Gasteiger partial charge in [-0.3, -0.25) is 4.79 Å². The smallest absolute Gasteiger partial charge is 0.242 e. The van der Waals surface area contributed by atoms with Gasteiger partial charge in [0.15, 0.2) is 5.16 Å². The zero-order valence-corrected chi connectivity index (χ0v) is 20.5. The predicted molar refractivity (Wildman–Crippen MR) is 127 cm³/mol. The Kier molecular flexibility index (Phi) is 6.70. The Morgan fingerprint density at radius 3 is 2.72 bits per heavy atom. The number of hydrogen-bond acceptors (Lipinski definition) is 7. The maximum atomic E-state index is 12.8. The summed E-state index contributed by atoms with van der Waals surface area (Å²) in [6, 6.07) is 10.8. The van der Waals surface area contributed by atoms with Gasteiger partial charge < -0.3 is 9.88 Å². The van der Waals surface area contributed by atoms with Crippen molar-refractivity contribution >= 4 is 44.7 Å². The van der Waals surface area contributed by atoms with Crippen LogP contribution in [0.2, 0.25) is 0 Å². The van der Waals surface area contributed by atoms with Gasteiger partial charge in [-0.25, -0.2) is 12.7 Å². The van der Waals surface area contributed by atoms with Crippen molar-refractivity contribution in [2.45, 2.75) is 47.5 Å². The molecule has 0 unspecified atom stereocenters. The molecular formula is C21H25N5O3S3. The lowest BCUT2D eigenvalue weighted by Gasteiger charge is -2.15. The van der Waals surface area contributed by atoms with Gasteiger partial charge in [-0.15, -0.1) is 21.5 Å². The predicted octanol–water partition coefficient (Wildman–Crippen LogP) is 3.63. The number of aromatic nitrogens is 3. The van der Waals surface area contributed by atoms with E-state index in [4.69, 9.17) is 0 Å². The van der Waals surface area contributed by atoms with E-state index in [0.717, 1.165) is 34.5 Å². The van der Waals surface area contributed by atoms with Gasteiger partial charge in [0.05, 0.1) is 10.1 Å². The molecule has 1 fully saturated rings. The van der Waals surface area contributed by atoms with Crippen LogP contribution in [0.3, 0.4) is 0 Å². The van der Waals surface area contributed by atoms with Crippen LogP contribution in [0.4, 0.5) is 5.69 Å². The van der Waals surface area contributed by atoms with Gasteiger partial charge in [0.1, 0.15) is 5.82 Å². The molecule has 8 nitrogen and oxygen atoms in total. The van der Waals surface area contributed by atoms with Crippen LogP contribution in [0.1, 0.15) is 36.5 Å². The number of benzene rings is 1. The van der Waals surface area contributed by atoms with Crippen LogP contribution in [0.5, 0.6) is 0 Å². The molecular weight excluding hydrogens is 466 g/mol. The van der Waals surface area contributed by atoms with Crippen LogP contribution in [0.25, 0.3) is 0 Å². The molecule has 0 aliphatic heterocycles. The molecule has 2 aromatic heterocycles. The van der Waals surface area contributed by atoms with Crippen molar-refractivity contribution in [1.82, 2.24) is 19.1 Å². The summed E-state index contributed by atoms with van der Waals surface area (Å²) < 4.78 is 28.0. The van der Waals surface area contributed by atoms with Crippen molar-refractivity contribution in [1.29, 1.82) is 0 Å². The number of rotatable bonds is 9. The minimum Gasteiger partial charge on any atom is -0.325 e. The minimum absolute atomic E-state index is 0.132. The summed E-state index contributed by atoms with van der Waals surface area (Å²) in [4.78, 5) is 14.2. The van der Waals surface area contributed by atoms with Crippen molar-refractivity contribution in [2.24, 2.45) is 0 Å². The number of hydrogen-bond donors (Lipinski definition) is 1. The third kappa shape index (κ3) is 5.06. The highest BCUT2D eigenvalue weighted by molar-refractivity contribution is 8.00. The fourth-order valence-electron chi connectivity index (χ4n) is 3.18. The number of carbonyl (C=O) groups excluding carboxylic acids is 1. The Balaban J connectivity index is 1.46. The van der Waals surface area contributed by atoms with Crippen molar-refractivity contribution in [3.8, 4) is 0 Å². The maximum Gasteiger partial charge on any atom is 0.242 e. The minimum atomic E-state index is -3.58. The maximum absolute atomic E-state index is 12.8. The SMILES string of the molecule is C[C@H](Sc1nnc(Cc2cccs2)n1C1CC1)C(=O)Nc1cccc(S(=O)(=O)N(C)C)c1. The quantitative estimate of drug-likeness (QED) is 0.459.